The Morgan fingerprint density at radius 1 is 1.04 bits per heavy atom. The molecule has 3 rings (SSSR count). The van der Waals surface area contributed by atoms with Crippen LogP contribution in [0, 0.1) is 6.92 Å². The maximum absolute atomic E-state index is 12.4. The van der Waals surface area contributed by atoms with Crippen molar-refractivity contribution in [1.29, 1.82) is 0 Å². The number of rotatable bonds is 4. The lowest BCUT2D eigenvalue weighted by atomic mass is 10.2. The number of piperazine rings is 1. The fraction of sp³-hybridized carbons (Fsp3) is 0.368. The lowest BCUT2D eigenvalue weighted by Gasteiger charge is -2.34. The molecule has 0 spiro atoms. The predicted molar refractivity (Wildman–Crippen MR) is 108 cm³/mol. The Morgan fingerprint density at radius 3 is 2.32 bits per heavy atom. The molecule has 0 aliphatic carbocycles. The number of carbonyl (C=O) groups excluding carboxylic acids is 3. The van der Waals surface area contributed by atoms with E-state index in [1.54, 1.807) is 15.2 Å². The van der Waals surface area contributed by atoms with Gasteiger partial charge in [-0.3, -0.25) is 14.9 Å². The lowest BCUT2D eigenvalue weighted by molar-refractivity contribution is -0.138. The zero-order valence-corrected chi connectivity index (χ0v) is 16.7. The third-order valence-electron chi connectivity index (χ3n) is 4.49. The number of anilines is 2. The van der Waals surface area contributed by atoms with Crippen molar-refractivity contribution in [2.75, 3.05) is 36.8 Å². The molecule has 0 saturated carbocycles. The summed E-state index contributed by atoms with van der Waals surface area (Å²) in [7, 11) is 0. The largest absolute Gasteiger partial charge is 0.339 e. The van der Waals surface area contributed by atoms with Gasteiger partial charge in [0.15, 0.2) is 5.13 Å². The van der Waals surface area contributed by atoms with E-state index in [0.717, 1.165) is 5.56 Å². The highest BCUT2D eigenvalue weighted by Crippen LogP contribution is 2.17. The van der Waals surface area contributed by atoms with E-state index < -0.39 is 0 Å². The zero-order valence-electron chi connectivity index (χ0n) is 15.9. The molecule has 0 radical (unpaired) electrons. The van der Waals surface area contributed by atoms with Crippen LogP contribution in [0.25, 0.3) is 0 Å². The minimum Gasteiger partial charge on any atom is -0.339 e. The van der Waals surface area contributed by atoms with Gasteiger partial charge in [-0.05, 0) is 19.1 Å². The fourth-order valence-electron chi connectivity index (χ4n) is 2.88. The van der Waals surface area contributed by atoms with Gasteiger partial charge < -0.3 is 15.1 Å². The standard InChI is InChI=1S/C19H23N5O3S/c1-13-3-5-15(6-4-13)20-18(27)22-19-21-16(12-28-19)11-17(26)24-9-7-23(8-10-24)14(2)25/h3-6,12H,7-11H2,1-2H3,(H2,20,21,22,27). The van der Waals surface area contributed by atoms with Crippen LogP contribution < -0.4 is 10.6 Å². The van der Waals surface area contributed by atoms with Gasteiger partial charge in [0.05, 0.1) is 12.1 Å². The van der Waals surface area contributed by atoms with Crippen LogP contribution in [-0.4, -0.2) is 58.8 Å². The Balaban J connectivity index is 1.48. The lowest BCUT2D eigenvalue weighted by Crippen LogP contribution is -2.50. The molecule has 9 heteroatoms. The number of carbonyl (C=O) groups is 3. The first-order chi connectivity index (χ1) is 13.4. The molecule has 1 fully saturated rings. The Bertz CT molecular complexity index is 857. The molecule has 4 amide bonds. The molecule has 1 aromatic heterocycles. The second-order valence-corrected chi connectivity index (χ2v) is 7.51. The summed E-state index contributed by atoms with van der Waals surface area (Å²) in [6.07, 6.45) is 0.178. The summed E-state index contributed by atoms with van der Waals surface area (Å²) in [4.78, 5) is 43.7. The Hall–Kier alpha value is -2.94. The van der Waals surface area contributed by atoms with Crippen molar-refractivity contribution >= 4 is 40.0 Å². The predicted octanol–water partition coefficient (Wildman–Crippen LogP) is 2.33. The first kappa shape index (κ1) is 19.8. The van der Waals surface area contributed by atoms with E-state index in [4.69, 9.17) is 0 Å². The molecule has 2 N–H and O–H groups in total. The van der Waals surface area contributed by atoms with Crippen LogP contribution in [0.1, 0.15) is 18.2 Å². The van der Waals surface area contributed by atoms with Crippen molar-refractivity contribution in [2.24, 2.45) is 0 Å². The Labute approximate surface area is 167 Å². The summed E-state index contributed by atoms with van der Waals surface area (Å²) in [6, 6.07) is 7.11. The van der Waals surface area contributed by atoms with Gasteiger partial charge in [0, 0.05) is 44.2 Å². The number of aromatic nitrogens is 1. The highest BCUT2D eigenvalue weighted by molar-refractivity contribution is 7.14. The number of thiazole rings is 1. The van der Waals surface area contributed by atoms with Gasteiger partial charge in [0.1, 0.15) is 0 Å². The maximum Gasteiger partial charge on any atom is 0.325 e. The summed E-state index contributed by atoms with van der Waals surface area (Å²) in [5.41, 5.74) is 2.43. The molecule has 2 heterocycles. The minimum atomic E-state index is -0.378. The summed E-state index contributed by atoms with van der Waals surface area (Å²) in [6.45, 7) is 5.70. The quantitative estimate of drug-likeness (QED) is 0.822. The van der Waals surface area contributed by atoms with Gasteiger partial charge in [-0.15, -0.1) is 11.3 Å². The normalized spacial score (nSPS) is 13.9. The van der Waals surface area contributed by atoms with E-state index in [2.05, 4.69) is 15.6 Å². The van der Waals surface area contributed by atoms with Crippen LogP contribution in [0.2, 0.25) is 0 Å². The van der Waals surface area contributed by atoms with E-state index in [-0.39, 0.29) is 24.3 Å². The maximum atomic E-state index is 12.4. The first-order valence-corrected chi connectivity index (χ1v) is 9.91. The fourth-order valence-corrected chi connectivity index (χ4v) is 3.58. The first-order valence-electron chi connectivity index (χ1n) is 9.03. The van der Waals surface area contributed by atoms with Crippen LogP contribution >= 0.6 is 11.3 Å². The van der Waals surface area contributed by atoms with Crippen molar-refractivity contribution in [3.63, 3.8) is 0 Å². The topological polar surface area (TPSA) is 94.6 Å². The molecule has 28 heavy (non-hydrogen) atoms. The molecule has 0 unspecified atom stereocenters. The molecule has 1 aliphatic heterocycles. The third-order valence-corrected chi connectivity index (χ3v) is 5.30. The molecule has 1 aliphatic rings. The monoisotopic (exact) mass is 401 g/mol. The van der Waals surface area contributed by atoms with Crippen LogP contribution in [0.3, 0.4) is 0 Å². The molecule has 1 saturated heterocycles. The van der Waals surface area contributed by atoms with Crippen LogP contribution in [0.5, 0.6) is 0 Å². The van der Waals surface area contributed by atoms with E-state index in [0.29, 0.717) is 42.7 Å². The highest BCUT2D eigenvalue weighted by Gasteiger charge is 2.23. The van der Waals surface area contributed by atoms with Crippen LogP contribution in [-0.2, 0) is 16.0 Å². The molecule has 2 aromatic rings. The van der Waals surface area contributed by atoms with Crippen molar-refractivity contribution in [3.05, 3.63) is 40.9 Å². The van der Waals surface area contributed by atoms with Gasteiger partial charge in [-0.25, -0.2) is 9.78 Å². The second kappa shape index (κ2) is 8.83. The molecular formula is C19H23N5O3S. The number of aryl methyl sites for hydroxylation is 1. The Kier molecular flexibility index (Phi) is 6.25. The van der Waals surface area contributed by atoms with E-state index in [1.807, 2.05) is 31.2 Å². The van der Waals surface area contributed by atoms with Crippen molar-refractivity contribution in [1.82, 2.24) is 14.8 Å². The Morgan fingerprint density at radius 2 is 1.68 bits per heavy atom. The van der Waals surface area contributed by atoms with Crippen molar-refractivity contribution in [3.8, 4) is 0 Å². The summed E-state index contributed by atoms with van der Waals surface area (Å²) in [5, 5.41) is 7.63. The molecule has 8 nitrogen and oxygen atoms in total. The van der Waals surface area contributed by atoms with Crippen LogP contribution in [0.15, 0.2) is 29.6 Å². The number of amides is 4. The summed E-state index contributed by atoms with van der Waals surface area (Å²) >= 11 is 1.28. The number of hydrogen-bond acceptors (Lipinski definition) is 5. The molecule has 0 bridgehead atoms. The van der Waals surface area contributed by atoms with Crippen molar-refractivity contribution in [2.45, 2.75) is 20.3 Å². The zero-order chi connectivity index (χ0) is 20.1. The van der Waals surface area contributed by atoms with Gasteiger partial charge in [-0.1, -0.05) is 17.7 Å². The van der Waals surface area contributed by atoms with E-state index in [9.17, 15) is 14.4 Å². The summed E-state index contributed by atoms with van der Waals surface area (Å²) in [5.74, 6) is 0.00962. The molecule has 148 valence electrons. The van der Waals surface area contributed by atoms with E-state index >= 15 is 0 Å². The van der Waals surface area contributed by atoms with Gasteiger partial charge in [0.25, 0.3) is 0 Å². The molecule has 0 atom stereocenters. The van der Waals surface area contributed by atoms with Gasteiger partial charge >= 0.3 is 6.03 Å². The second-order valence-electron chi connectivity index (χ2n) is 6.65. The summed E-state index contributed by atoms with van der Waals surface area (Å²) < 4.78 is 0. The number of benzene rings is 1. The average Bonchev–Trinajstić information content (AvgIpc) is 3.10. The average molecular weight is 401 g/mol. The van der Waals surface area contributed by atoms with E-state index in [1.165, 1.54) is 18.3 Å². The highest BCUT2D eigenvalue weighted by atomic mass is 32.1. The SMILES string of the molecule is CC(=O)N1CCN(C(=O)Cc2csc(NC(=O)Nc3ccc(C)cc3)n2)CC1. The smallest absolute Gasteiger partial charge is 0.325 e. The van der Waals surface area contributed by atoms with Crippen LogP contribution in [0.4, 0.5) is 15.6 Å². The van der Waals surface area contributed by atoms with Gasteiger partial charge in [0.2, 0.25) is 11.8 Å². The number of nitrogens with one attached hydrogen (secondary N) is 2. The molecular weight excluding hydrogens is 378 g/mol. The number of nitrogens with zero attached hydrogens (tertiary/aromatic N) is 3. The van der Waals surface area contributed by atoms with Gasteiger partial charge in [-0.2, -0.15) is 0 Å². The van der Waals surface area contributed by atoms with Crippen molar-refractivity contribution < 1.29 is 14.4 Å². The minimum absolute atomic E-state index is 0.0239. The number of urea groups is 1. The third kappa shape index (κ3) is 5.29. The molecule has 1 aromatic carbocycles. The number of hydrogen-bond donors (Lipinski definition) is 2.